The first-order chi connectivity index (χ1) is 4.83. The molecule has 0 bridgehead atoms. The molecule has 0 saturated heterocycles. The molecule has 0 unspecified atom stereocenters. The van der Waals surface area contributed by atoms with Gasteiger partial charge in [0.25, 0.3) is 0 Å². The van der Waals surface area contributed by atoms with E-state index >= 15 is 0 Å². The summed E-state index contributed by atoms with van der Waals surface area (Å²) >= 11 is 0. The van der Waals surface area contributed by atoms with Gasteiger partial charge in [-0.2, -0.15) is 0 Å². The first-order valence-electron chi connectivity index (χ1n) is 3.35. The minimum Gasteiger partial charge on any atom is -0.329 e. The van der Waals surface area contributed by atoms with Crippen LogP contribution < -0.4 is 5.32 Å². The number of nitrogens with one attached hydrogen (secondary N) is 2. The summed E-state index contributed by atoms with van der Waals surface area (Å²) in [6.45, 7) is 2.84. The molecule has 1 aromatic rings. The van der Waals surface area contributed by atoms with Crippen molar-refractivity contribution < 1.29 is 0 Å². The summed E-state index contributed by atoms with van der Waals surface area (Å²) in [5.74, 6) is 1.83. The summed E-state index contributed by atoms with van der Waals surface area (Å²) in [5, 5.41) is 10.8. The lowest BCUT2D eigenvalue weighted by Gasteiger charge is -1.92. The smallest absolute Gasteiger partial charge is 0.131 e. The van der Waals surface area contributed by atoms with Crippen LogP contribution in [0.5, 0.6) is 0 Å². The molecular weight excluding hydrogens is 128 g/mol. The van der Waals surface area contributed by atoms with Crippen LogP contribution in [0.2, 0.25) is 0 Å². The second kappa shape index (κ2) is 3.31. The monoisotopic (exact) mass is 140 g/mol. The third-order valence-electron chi connectivity index (χ3n) is 1.26. The van der Waals surface area contributed by atoms with Crippen LogP contribution >= 0.6 is 0 Å². The molecule has 0 spiro atoms. The van der Waals surface area contributed by atoms with Gasteiger partial charge in [0.05, 0.1) is 0 Å². The van der Waals surface area contributed by atoms with Crippen LogP contribution in [-0.2, 0) is 6.42 Å². The fourth-order valence-electron chi connectivity index (χ4n) is 0.750. The summed E-state index contributed by atoms with van der Waals surface area (Å²) in [7, 11) is 1.92. The van der Waals surface area contributed by atoms with Crippen molar-refractivity contribution in [3.8, 4) is 0 Å². The zero-order chi connectivity index (χ0) is 7.40. The minimum atomic E-state index is 0.881. The maximum Gasteiger partial charge on any atom is 0.131 e. The summed E-state index contributed by atoms with van der Waals surface area (Å²) in [6.07, 6.45) is 0.914. The van der Waals surface area contributed by atoms with Gasteiger partial charge in [-0.15, -0.1) is 10.2 Å². The summed E-state index contributed by atoms with van der Waals surface area (Å²) in [4.78, 5) is 3.05. The van der Waals surface area contributed by atoms with Crippen molar-refractivity contribution in [3.63, 3.8) is 0 Å². The average Bonchev–Trinajstić information content (AvgIpc) is 2.31. The number of hydrogen-bond donors (Lipinski definition) is 2. The van der Waals surface area contributed by atoms with Crippen molar-refractivity contribution in [3.05, 3.63) is 11.6 Å². The highest BCUT2D eigenvalue weighted by atomic mass is 15.2. The molecule has 1 aromatic heterocycles. The summed E-state index contributed by atoms with van der Waals surface area (Å²) in [6, 6.07) is 0. The number of hydrogen-bond acceptors (Lipinski definition) is 3. The largest absolute Gasteiger partial charge is 0.329 e. The van der Waals surface area contributed by atoms with Crippen molar-refractivity contribution in [1.82, 2.24) is 20.5 Å². The lowest BCUT2D eigenvalue weighted by Crippen LogP contribution is -2.11. The van der Waals surface area contributed by atoms with Crippen LogP contribution in [0.3, 0.4) is 0 Å². The standard InChI is InChI=1S/C6H12N4/c1-5-8-6(10-9-5)3-4-7-2/h7H,3-4H2,1-2H3,(H,8,9,10). The quantitative estimate of drug-likeness (QED) is 0.615. The molecule has 0 amide bonds. The number of rotatable bonds is 3. The van der Waals surface area contributed by atoms with E-state index in [0.29, 0.717) is 0 Å². The Bertz CT molecular complexity index is 193. The third-order valence-corrected chi connectivity index (χ3v) is 1.26. The molecule has 0 fully saturated rings. The highest BCUT2D eigenvalue weighted by Gasteiger charge is 1.95. The van der Waals surface area contributed by atoms with E-state index in [1.807, 2.05) is 14.0 Å². The van der Waals surface area contributed by atoms with Gasteiger partial charge < -0.3 is 10.3 Å². The molecule has 4 nitrogen and oxygen atoms in total. The second-order valence-corrected chi connectivity index (χ2v) is 2.21. The molecule has 1 rings (SSSR count). The molecule has 0 aliphatic heterocycles. The maximum absolute atomic E-state index is 3.91. The zero-order valence-corrected chi connectivity index (χ0v) is 6.31. The molecular formula is C6H12N4. The minimum absolute atomic E-state index is 0.881. The fourth-order valence-corrected chi connectivity index (χ4v) is 0.750. The Hall–Kier alpha value is -0.900. The molecule has 10 heavy (non-hydrogen) atoms. The van der Waals surface area contributed by atoms with E-state index in [0.717, 1.165) is 24.6 Å². The van der Waals surface area contributed by atoms with E-state index in [1.165, 1.54) is 0 Å². The SMILES string of the molecule is CNCCc1nnc(C)[nH]1. The van der Waals surface area contributed by atoms with E-state index in [-0.39, 0.29) is 0 Å². The Morgan fingerprint density at radius 1 is 1.50 bits per heavy atom. The van der Waals surface area contributed by atoms with Gasteiger partial charge in [-0.3, -0.25) is 0 Å². The summed E-state index contributed by atoms with van der Waals surface area (Å²) in [5.41, 5.74) is 0. The van der Waals surface area contributed by atoms with Crippen LogP contribution in [0.25, 0.3) is 0 Å². The molecule has 1 heterocycles. The van der Waals surface area contributed by atoms with Crippen molar-refractivity contribution >= 4 is 0 Å². The molecule has 0 aliphatic carbocycles. The van der Waals surface area contributed by atoms with Gasteiger partial charge >= 0.3 is 0 Å². The average molecular weight is 140 g/mol. The molecule has 0 saturated carbocycles. The fraction of sp³-hybridized carbons (Fsp3) is 0.667. The number of H-pyrrole nitrogens is 1. The van der Waals surface area contributed by atoms with Gasteiger partial charge in [0.2, 0.25) is 0 Å². The molecule has 0 aromatic carbocycles. The van der Waals surface area contributed by atoms with E-state index < -0.39 is 0 Å². The van der Waals surface area contributed by atoms with Gasteiger partial charge in [-0.1, -0.05) is 0 Å². The Balaban J connectivity index is 2.42. The highest BCUT2D eigenvalue weighted by molar-refractivity contribution is 4.87. The number of likely N-dealkylation sites (N-methyl/N-ethyl adjacent to an activating group) is 1. The molecule has 0 atom stereocenters. The van der Waals surface area contributed by atoms with E-state index in [4.69, 9.17) is 0 Å². The van der Waals surface area contributed by atoms with Gasteiger partial charge in [0, 0.05) is 13.0 Å². The lowest BCUT2D eigenvalue weighted by molar-refractivity contribution is 0.758. The van der Waals surface area contributed by atoms with Crippen molar-refractivity contribution in [2.45, 2.75) is 13.3 Å². The zero-order valence-electron chi connectivity index (χ0n) is 6.31. The van der Waals surface area contributed by atoms with Gasteiger partial charge in [0.15, 0.2) is 0 Å². The maximum atomic E-state index is 3.91. The van der Waals surface area contributed by atoms with Crippen molar-refractivity contribution in [1.29, 1.82) is 0 Å². The predicted molar refractivity (Wildman–Crippen MR) is 38.8 cm³/mol. The molecule has 0 aliphatic rings. The second-order valence-electron chi connectivity index (χ2n) is 2.21. The number of nitrogens with zero attached hydrogens (tertiary/aromatic N) is 2. The number of aromatic nitrogens is 3. The molecule has 4 heteroatoms. The highest BCUT2D eigenvalue weighted by Crippen LogP contribution is 1.89. The Morgan fingerprint density at radius 3 is 2.80 bits per heavy atom. The predicted octanol–water partition coefficient (Wildman–Crippen LogP) is -0.125. The Labute approximate surface area is 60.1 Å². The molecule has 56 valence electrons. The molecule has 2 N–H and O–H groups in total. The Morgan fingerprint density at radius 2 is 2.30 bits per heavy atom. The van der Waals surface area contributed by atoms with E-state index in [9.17, 15) is 0 Å². The van der Waals surface area contributed by atoms with Gasteiger partial charge in [-0.25, -0.2) is 0 Å². The van der Waals surface area contributed by atoms with E-state index in [2.05, 4.69) is 20.5 Å². The molecule has 0 radical (unpaired) electrons. The van der Waals surface area contributed by atoms with Crippen molar-refractivity contribution in [2.24, 2.45) is 0 Å². The number of aromatic amines is 1. The topological polar surface area (TPSA) is 53.6 Å². The van der Waals surface area contributed by atoms with Crippen molar-refractivity contribution in [2.75, 3.05) is 13.6 Å². The number of aryl methyl sites for hydroxylation is 1. The lowest BCUT2D eigenvalue weighted by atomic mass is 10.4. The van der Waals surface area contributed by atoms with E-state index in [1.54, 1.807) is 0 Å². The van der Waals surface area contributed by atoms with Crippen LogP contribution in [0, 0.1) is 6.92 Å². The van der Waals surface area contributed by atoms with Gasteiger partial charge in [0.1, 0.15) is 11.6 Å². The first kappa shape index (κ1) is 7.21. The van der Waals surface area contributed by atoms with Crippen LogP contribution in [0.1, 0.15) is 11.6 Å². The Kier molecular flexibility index (Phi) is 2.39. The first-order valence-corrected chi connectivity index (χ1v) is 3.35. The summed E-state index contributed by atoms with van der Waals surface area (Å²) < 4.78 is 0. The normalized spacial score (nSPS) is 10.2. The van der Waals surface area contributed by atoms with Crippen LogP contribution in [0.15, 0.2) is 0 Å². The van der Waals surface area contributed by atoms with Gasteiger partial charge in [-0.05, 0) is 14.0 Å². The van der Waals surface area contributed by atoms with Crippen LogP contribution in [0.4, 0.5) is 0 Å². The van der Waals surface area contributed by atoms with Crippen LogP contribution in [-0.4, -0.2) is 28.8 Å². The third kappa shape index (κ3) is 1.80.